The average molecular weight is 243 g/mol. The molecule has 0 saturated carbocycles. The van der Waals surface area contributed by atoms with E-state index >= 15 is 0 Å². The van der Waals surface area contributed by atoms with Crippen LogP contribution in [0.25, 0.3) is 0 Å². The van der Waals surface area contributed by atoms with E-state index in [1.54, 1.807) is 24.0 Å². The van der Waals surface area contributed by atoms with Crippen LogP contribution < -0.4 is 4.90 Å². The van der Waals surface area contributed by atoms with Crippen molar-refractivity contribution >= 4 is 17.6 Å². The lowest BCUT2D eigenvalue weighted by atomic mass is 10.1. The Kier molecular flexibility index (Phi) is 3.33. The first-order valence-electron chi connectivity index (χ1n) is 5.69. The number of rotatable bonds is 3. The molecule has 1 N–H and O–H groups in total. The van der Waals surface area contributed by atoms with Gasteiger partial charge in [-0.25, -0.2) is 4.79 Å². The van der Waals surface area contributed by atoms with Gasteiger partial charge in [-0.15, -0.1) is 11.8 Å². The van der Waals surface area contributed by atoms with Crippen LogP contribution in [0, 0.1) is 11.8 Å². The van der Waals surface area contributed by atoms with Gasteiger partial charge in [0.25, 0.3) is 0 Å². The van der Waals surface area contributed by atoms with E-state index in [9.17, 15) is 9.59 Å². The van der Waals surface area contributed by atoms with Crippen LogP contribution in [0.3, 0.4) is 0 Å². The summed E-state index contributed by atoms with van der Waals surface area (Å²) in [6.07, 6.45) is 0.901. The summed E-state index contributed by atoms with van der Waals surface area (Å²) < 4.78 is 0. The molecular weight excluding hydrogens is 230 g/mol. The molecule has 1 aliphatic heterocycles. The van der Waals surface area contributed by atoms with Crippen molar-refractivity contribution in [2.24, 2.45) is 0 Å². The molecule has 2 rings (SSSR count). The van der Waals surface area contributed by atoms with Gasteiger partial charge >= 0.3 is 5.97 Å². The highest BCUT2D eigenvalue weighted by Crippen LogP contribution is 2.29. The number of carboxylic acids is 1. The SMILES string of the molecule is CC#CCCN1C(=O)Cc2cc(C(=O)O)ccc21. The molecule has 1 amide bonds. The molecule has 4 heteroatoms. The van der Waals surface area contributed by atoms with Gasteiger partial charge in [-0.3, -0.25) is 4.79 Å². The van der Waals surface area contributed by atoms with Gasteiger partial charge in [-0.2, -0.15) is 0 Å². The smallest absolute Gasteiger partial charge is 0.335 e. The number of carbonyl (C=O) groups is 2. The molecule has 1 aromatic carbocycles. The number of hydrogen-bond donors (Lipinski definition) is 1. The van der Waals surface area contributed by atoms with Gasteiger partial charge < -0.3 is 10.0 Å². The Labute approximate surface area is 105 Å². The number of hydrogen-bond acceptors (Lipinski definition) is 2. The Balaban J connectivity index is 2.25. The molecule has 4 nitrogen and oxygen atoms in total. The lowest BCUT2D eigenvalue weighted by Crippen LogP contribution is -2.27. The number of fused-ring (bicyclic) bond motifs is 1. The third-order valence-electron chi connectivity index (χ3n) is 2.90. The van der Waals surface area contributed by atoms with Gasteiger partial charge in [-0.1, -0.05) is 0 Å². The fraction of sp³-hybridized carbons (Fsp3) is 0.286. The summed E-state index contributed by atoms with van der Waals surface area (Å²) >= 11 is 0. The Hall–Kier alpha value is -2.28. The first kappa shape index (κ1) is 12.2. The molecule has 0 aliphatic carbocycles. The highest BCUT2D eigenvalue weighted by molar-refractivity contribution is 6.02. The third-order valence-corrected chi connectivity index (χ3v) is 2.90. The molecule has 0 bridgehead atoms. The lowest BCUT2D eigenvalue weighted by Gasteiger charge is -2.15. The topological polar surface area (TPSA) is 57.6 Å². The van der Waals surface area contributed by atoms with E-state index in [0.29, 0.717) is 13.0 Å². The summed E-state index contributed by atoms with van der Waals surface area (Å²) in [4.78, 5) is 24.4. The van der Waals surface area contributed by atoms with Crippen LogP contribution in [-0.2, 0) is 11.2 Å². The standard InChI is InChI=1S/C14H13NO3/c1-2-3-4-7-15-12-6-5-10(14(17)18)8-11(12)9-13(15)16/h5-6,8H,4,7,9H2,1H3,(H,17,18). The van der Waals surface area contributed by atoms with Crippen molar-refractivity contribution < 1.29 is 14.7 Å². The van der Waals surface area contributed by atoms with Crippen LogP contribution in [-0.4, -0.2) is 23.5 Å². The fourth-order valence-corrected chi connectivity index (χ4v) is 2.05. The Morgan fingerprint density at radius 3 is 2.94 bits per heavy atom. The van der Waals surface area contributed by atoms with Crippen molar-refractivity contribution in [2.75, 3.05) is 11.4 Å². The quantitative estimate of drug-likeness (QED) is 0.822. The summed E-state index contributed by atoms with van der Waals surface area (Å²) in [6, 6.07) is 4.79. The van der Waals surface area contributed by atoms with E-state index in [2.05, 4.69) is 11.8 Å². The minimum atomic E-state index is -0.972. The summed E-state index contributed by atoms with van der Waals surface area (Å²) in [5.41, 5.74) is 1.81. The molecule has 0 aromatic heterocycles. The van der Waals surface area contributed by atoms with E-state index < -0.39 is 5.97 Å². The number of benzene rings is 1. The van der Waals surface area contributed by atoms with Gasteiger partial charge in [0, 0.05) is 18.7 Å². The molecule has 0 atom stereocenters. The molecule has 92 valence electrons. The second kappa shape index (κ2) is 4.92. The van der Waals surface area contributed by atoms with E-state index in [1.165, 1.54) is 6.07 Å². The van der Waals surface area contributed by atoms with Crippen LogP contribution in [0.4, 0.5) is 5.69 Å². The minimum Gasteiger partial charge on any atom is -0.478 e. The maximum atomic E-state index is 11.8. The summed E-state index contributed by atoms with van der Waals surface area (Å²) in [6.45, 7) is 2.32. The number of carboxylic acid groups (broad SMARTS) is 1. The largest absolute Gasteiger partial charge is 0.478 e. The fourth-order valence-electron chi connectivity index (χ4n) is 2.05. The molecule has 1 heterocycles. The third kappa shape index (κ3) is 2.21. The second-order valence-electron chi connectivity index (χ2n) is 4.05. The number of carbonyl (C=O) groups excluding carboxylic acids is 1. The van der Waals surface area contributed by atoms with Crippen LogP contribution in [0.2, 0.25) is 0 Å². The van der Waals surface area contributed by atoms with Crippen LogP contribution in [0.1, 0.15) is 29.3 Å². The molecule has 0 fully saturated rings. The summed E-state index contributed by atoms with van der Waals surface area (Å²) in [5, 5.41) is 8.90. The molecule has 0 spiro atoms. The number of nitrogens with zero attached hydrogens (tertiary/aromatic N) is 1. The zero-order valence-electron chi connectivity index (χ0n) is 10.1. The number of amides is 1. The molecule has 1 aromatic rings. The van der Waals surface area contributed by atoms with Crippen molar-refractivity contribution in [3.8, 4) is 11.8 Å². The second-order valence-corrected chi connectivity index (χ2v) is 4.05. The highest BCUT2D eigenvalue weighted by Gasteiger charge is 2.27. The molecule has 18 heavy (non-hydrogen) atoms. The normalized spacial score (nSPS) is 12.9. The van der Waals surface area contributed by atoms with Gasteiger partial charge in [0.05, 0.1) is 12.0 Å². The first-order valence-corrected chi connectivity index (χ1v) is 5.69. The number of aromatic carboxylic acids is 1. The van der Waals surface area contributed by atoms with E-state index in [1.807, 2.05) is 0 Å². The van der Waals surface area contributed by atoms with Gasteiger partial charge in [0.15, 0.2) is 0 Å². The van der Waals surface area contributed by atoms with Gasteiger partial charge in [0.2, 0.25) is 5.91 Å². The van der Waals surface area contributed by atoms with Crippen LogP contribution >= 0.6 is 0 Å². The Morgan fingerprint density at radius 2 is 2.28 bits per heavy atom. The van der Waals surface area contributed by atoms with Crippen molar-refractivity contribution in [3.63, 3.8) is 0 Å². The lowest BCUT2D eigenvalue weighted by molar-refractivity contribution is -0.117. The zero-order valence-corrected chi connectivity index (χ0v) is 10.1. The van der Waals surface area contributed by atoms with E-state index in [4.69, 9.17) is 5.11 Å². The average Bonchev–Trinajstić information content (AvgIpc) is 2.65. The van der Waals surface area contributed by atoms with Crippen molar-refractivity contribution in [1.82, 2.24) is 0 Å². The Morgan fingerprint density at radius 1 is 1.50 bits per heavy atom. The Bertz CT molecular complexity index is 566. The van der Waals surface area contributed by atoms with Crippen LogP contribution in [0.5, 0.6) is 0 Å². The van der Waals surface area contributed by atoms with E-state index in [-0.39, 0.29) is 17.9 Å². The highest BCUT2D eigenvalue weighted by atomic mass is 16.4. The monoisotopic (exact) mass is 243 g/mol. The molecular formula is C14H13NO3. The maximum absolute atomic E-state index is 11.8. The van der Waals surface area contributed by atoms with Crippen LogP contribution in [0.15, 0.2) is 18.2 Å². The van der Waals surface area contributed by atoms with E-state index in [0.717, 1.165) is 11.3 Å². The van der Waals surface area contributed by atoms with Crippen molar-refractivity contribution in [1.29, 1.82) is 0 Å². The minimum absolute atomic E-state index is 0.00504. The summed E-state index contributed by atoms with van der Waals surface area (Å²) in [7, 11) is 0. The molecule has 0 saturated heterocycles. The van der Waals surface area contributed by atoms with Crippen molar-refractivity contribution in [2.45, 2.75) is 19.8 Å². The molecule has 0 unspecified atom stereocenters. The maximum Gasteiger partial charge on any atom is 0.335 e. The predicted octanol–water partition coefficient (Wildman–Crippen LogP) is 1.69. The van der Waals surface area contributed by atoms with Crippen molar-refractivity contribution in [3.05, 3.63) is 29.3 Å². The molecule has 1 aliphatic rings. The van der Waals surface area contributed by atoms with Gasteiger partial charge in [0.1, 0.15) is 0 Å². The summed E-state index contributed by atoms with van der Waals surface area (Å²) in [5.74, 6) is 4.74. The predicted molar refractivity (Wildman–Crippen MR) is 67.5 cm³/mol. The first-order chi connectivity index (χ1) is 8.63. The zero-order chi connectivity index (χ0) is 13.1. The molecule has 0 radical (unpaired) electrons. The number of anilines is 1. The van der Waals surface area contributed by atoms with Gasteiger partial charge in [-0.05, 0) is 30.7 Å².